The van der Waals surface area contributed by atoms with E-state index in [0.717, 1.165) is 56.5 Å². The second-order valence-electron chi connectivity index (χ2n) is 6.92. The van der Waals surface area contributed by atoms with Gasteiger partial charge in [-0.25, -0.2) is 9.98 Å². The minimum atomic E-state index is 0.243. The first-order valence-electron chi connectivity index (χ1n) is 10.1. The summed E-state index contributed by atoms with van der Waals surface area (Å²) < 4.78 is 5.63. The van der Waals surface area contributed by atoms with E-state index < -0.39 is 0 Å². The number of anilines is 1. The highest BCUT2D eigenvalue weighted by Crippen LogP contribution is 2.18. The van der Waals surface area contributed by atoms with Gasteiger partial charge in [-0.1, -0.05) is 6.92 Å². The Morgan fingerprint density at radius 3 is 2.89 bits per heavy atom. The highest BCUT2D eigenvalue weighted by molar-refractivity contribution is 7.11. The van der Waals surface area contributed by atoms with Crippen molar-refractivity contribution in [2.24, 2.45) is 4.99 Å². The number of morpholine rings is 1. The normalized spacial score (nSPS) is 17.6. The standard InChI is InChI=1S/C21H31N5OS/c1-4-18-6-7-19(28-18)14-25-21(22-5-2)24-13-17-8-9-23-20(12-17)26-10-11-27-16(3)15-26/h6-9,12,16H,4-5,10-11,13-15H2,1-3H3,(H2,22,24,25). The van der Waals surface area contributed by atoms with Crippen LogP contribution in [0.15, 0.2) is 35.5 Å². The van der Waals surface area contributed by atoms with E-state index in [4.69, 9.17) is 9.73 Å². The molecule has 0 bridgehead atoms. The lowest BCUT2D eigenvalue weighted by Gasteiger charge is -2.32. The maximum atomic E-state index is 5.63. The Bertz CT molecular complexity index is 776. The molecule has 2 aromatic heterocycles. The molecule has 3 rings (SSSR count). The smallest absolute Gasteiger partial charge is 0.191 e. The zero-order valence-corrected chi connectivity index (χ0v) is 17.9. The molecular formula is C21H31N5OS. The van der Waals surface area contributed by atoms with Crippen LogP contribution in [-0.4, -0.2) is 43.3 Å². The largest absolute Gasteiger partial charge is 0.375 e. The van der Waals surface area contributed by atoms with Crippen molar-refractivity contribution < 1.29 is 4.74 Å². The van der Waals surface area contributed by atoms with Gasteiger partial charge >= 0.3 is 0 Å². The molecule has 2 aromatic rings. The maximum Gasteiger partial charge on any atom is 0.191 e. The molecule has 2 N–H and O–H groups in total. The summed E-state index contributed by atoms with van der Waals surface area (Å²) in [6, 6.07) is 8.57. The molecule has 1 atom stereocenters. The van der Waals surface area contributed by atoms with E-state index >= 15 is 0 Å². The minimum Gasteiger partial charge on any atom is -0.375 e. The van der Waals surface area contributed by atoms with Gasteiger partial charge in [-0.15, -0.1) is 11.3 Å². The number of pyridine rings is 1. The fraction of sp³-hybridized carbons (Fsp3) is 0.524. The summed E-state index contributed by atoms with van der Waals surface area (Å²) in [5.41, 5.74) is 1.16. The van der Waals surface area contributed by atoms with E-state index in [0.29, 0.717) is 6.54 Å². The third-order valence-corrected chi connectivity index (χ3v) is 5.86. The third kappa shape index (κ3) is 5.94. The van der Waals surface area contributed by atoms with Crippen LogP contribution in [0.1, 0.15) is 36.1 Å². The van der Waals surface area contributed by atoms with E-state index in [1.165, 1.54) is 9.75 Å². The van der Waals surface area contributed by atoms with Crippen LogP contribution < -0.4 is 15.5 Å². The number of aromatic nitrogens is 1. The molecule has 0 amide bonds. The molecule has 1 aliphatic heterocycles. The van der Waals surface area contributed by atoms with Crippen LogP contribution >= 0.6 is 11.3 Å². The SMILES string of the molecule is CCNC(=NCc1ccnc(N2CCOC(C)C2)c1)NCc1ccc(CC)s1. The van der Waals surface area contributed by atoms with Crippen LogP contribution in [0, 0.1) is 0 Å². The number of nitrogens with zero attached hydrogens (tertiary/aromatic N) is 3. The van der Waals surface area contributed by atoms with Crippen molar-refractivity contribution in [3.63, 3.8) is 0 Å². The van der Waals surface area contributed by atoms with Crippen molar-refractivity contribution in [1.82, 2.24) is 15.6 Å². The van der Waals surface area contributed by atoms with E-state index in [1.807, 2.05) is 23.6 Å². The van der Waals surface area contributed by atoms with Crippen LogP contribution in [0.25, 0.3) is 0 Å². The summed E-state index contributed by atoms with van der Waals surface area (Å²) in [6.07, 6.45) is 3.20. The average Bonchev–Trinajstić information content (AvgIpc) is 3.18. The Balaban J connectivity index is 1.61. The molecule has 1 saturated heterocycles. The van der Waals surface area contributed by atoms with E-state index in [-0.39, 0.29) is 6.10 Å². The molecule has 0 aromatic carbocycles. The molecule has 6 nitrogen and oxygen atoms in total. The number of aryl methyl sites for hydroxylation is 1. The lowest BCUT2D eigenvalue weighted by atomic mass is 10.2. The van der Waals surface area contributed by atoms with Crippen LogP contribution in [0.5, 0.6) is 0 Å². The average molecular weight is 402 g/mol. The summed E-state index contributed by atoms with van der Waals surface area (Å²) in [4.78, 5) is 14.3. The highest BCUT2D eigenvalue weighted by atomic mass is 32.1. The molecule has 1 aliphatic rings. The van der Waals surface area contributed by atoms with Crippen molar-refractivity contribution in [2.75, 3.05) is 31.1 Å². The Morgan fingerprint density at radius 1 is 1.29 bits per heavy atom. The van der Waals surface area contributed by atoms with Crippen molar-refractivity contribution in [3.8, 4) is 0 Å². The van der Waals surface area contributed by atoms with Crippen LogP contribution in [0.4, 0.5) is 5.82 Å². The quantitative estimate of drug-likeness (QED) is 0.551. The van der Waals surface area contributed by atoms with E-state index in [2.05, 4.69) is 59.5 Å². The van der Waals surface area contributed by atoms with Gasteiger partial charge in [0, 0.05) is 35.6 Å². The second-order valence-corrected chi connectivity index (χ2v) is 8.17. The van der Waals surface area contributed by atoms with Crippen molar-refractivity contribution in [1.29, 1.82) is 0 Å². The first-order valence-corrected chi connectivity index (χ1v) is 10.9. The Hall–Kier alpha value is -2.12. The molecule has 1 unspecified atom stereocenters. The zero-order valence-electron chi connectivity index (χ0n) is 17.1. The first-order chi connectivity index (χ1) is 13.7. The van der Waals surface area contributed by atoms with Gasteiger partial charge in [0.05, 0.1) is 25.8 Å². The molecule has 7 heteroatoms. The van der Waals surface area contributed by atoms with Crippen molar-refractivity contribution >= 4 is 23.1 Å². The zero-order chi connectivity index (χ0) is 19.8. The number of hydrogen-bond donors (Lipinski definition) is 2. The van der Waals surface area contributed by atoms with Gasteiger partial charge in [-0.05, 0) is 50.1 Å². The lowest BCUT2D eigenvalue weighted by Crippen LogP contribution is -2.41. The fourth-order valence-electron chi connectivity index (χ4n) is 3.15. The number of thiophene rings is 1. The Kier molecular flexibility index (Phi) is 7.68. The molecule has 1 fully saturated rings. The first kappa shape index (κ1) is 20.6. The van der Waals surface area contributed by atoms with E-state index in [9.17, 15) is 0 Å². The van der Waals surface area contributed by atoms with Gasteiger partial charge < -0.3 is 20.3 Å². The minimum absolute atomic E-state index is 0.243. The fourth-order valence-corrected chi connectivity index (χ4v) is 4.05. The number of ether oxygens (including phenoxy) is 1. The summed E-state index contributed by atoms with van der Waals surface area (Å²) >= 11 is 1.86. The van der Waals surface area contributed by atoms with Crippen LogP contribution in [0.2, 0.25) is 0 Å². The van der Waals surface area contributed by atoms with Gasteiger partial charge in [0.2, 0.25) is 0 Å². The molecule has 0 radical (unpaired) electrons. The Morgan fingerprint density at radius 2 is 2.14 bits per heavy atom. The molecule has 3 heterocycles. The topological polar surface area (TPSA) is 61.8 Å². The number of guanidine groups is 1. The molecule has 0 aliphatic carbocycles. The molecule has 0 saturated carbocycles. The van der Waals surface area contributed by atoms with E-state index in [1.54, 1.807) is 0 Å². The summed E-state index contributed by atoms with van der Waals surface area (Å²) in [5.74, 6) is 1.85. The molecular weight excluding hydrogens is 370 g/mol. The number of rotatable bonds is 7. The second kappa shape index (κ2) is 10.4. The third-order valence-electron chi connectivity index (χ3n) is 4.63. The lowest BCUT2D eigenvalue weighted by molar-refractivity contribution is 0.0529. The molecule has 152 valence electrons. The summed E-state index contributed by atoms with van der Waals surface area (Å²) in [7, 11) is 0. The van der Waals surface area contributed by atoms with Gasteiger partial charge in [0.1, 0.15) is 5.82 Å². The predicted molar refractivity (Wildman–Crippen MR) is 117 cm³/mol. The molecule has 0 spiro atoms. The molecule has 28 heavy (non-hydrogen) atoms. The summed E-state index contributed by atoms with van der Waals surface area (Å²) in [6.45, 7) is 11.1. The van der Waals surface area contributed by atoms with Crippen molar-refractivity contribution in [3.05, 3.63) is 45.8 Å². The van der Waals surface area contributed by atoms with Gasteiger partial charge in [0.25, 0.3) is 0 Å². The summed E-state index contributed by atoms with van der Waals surface area (Å²) in [5, 5.41) is 6.76. The predicted octanol–water partition coefficient (Wildman–Crippen LogP) is 3.19. The highest BCUT2D eigenvalue weighted by Gasteiger charge is 2.18. The van der Waals surface area contributed by atoms with Gasteiger partial charge in [0.15, 0.2) is 5.96 Å². The monoisotopic (exact) mass is 401 g/mol. The van der Waals surface area contributed by atoms with Crippen molar-refractivity contribution in [2.45, 2.75) is 46.4 Å². The Labute approximate surface area is 172 Å². The maximum absolute atomic E-state index is 5.63. The number of hydrogen-bond acceptors (Lipinski definition) is 5. The number of nitrogens with one attached hydrogen (secondary N) is 2. The number of aliphatic imine (C=N–C) groups is 1. The van der Waals surface area contributed by atoms with Gasteiger partial charge in [-0.2, -0.15) is 0 Å². The van der Waals surface area contributed by atoms with Gasteiger partial charge in [-0.3, -0.25) is 0 Å². The van der Waals surface area contributed by atoms with Crippen LogP contribution in [-0.2, 0) is 24.2 Å². The van der Waals surface area contributed by atoms with Crippen LogP contribution in [0.3, 0.4) is 0 Å².